The highest BCUT2D eigenvalue weighted by Crippen LogP contribution is 2.24. The first-order valence-electron chi connectivity index (χ1n) is 6.93. The van der Waals surface area contributed by atoms with Crippen molar-refractivity contribution in [2.45, 2.75) is 38.9 Å². The number of amides is 1. The lowest BCUT2D eigenvalue weighted by molar-refractivity contribution is -0.0251. The van der Waals surface area contributed by atoms with Gasteiger partial charge in [0, 0.05) is 26.6 Å². The van der Waals surface area contributed by atoms with Gasteiger partial charge in [-0.1, -0.05) is 0 Å². The van der Waals surface area contributed by atoms with E-state index in [1.54, 1.807) is 20.8 Å². The second-order valence-corrected chi connectivity index (χ2v) is 5.56. The van der Waals surface area contributed by atoms with Crippen molar-refractivity contribution in [1.82, 2.24) is 15.1 Å². The van der Waals surface area contributed by atoms with Gasteiger partial charge in [-0.25, -0.2) is 4.68 Å². The Kier molecular flexibility index (Phi) is 4.15. The molecule has 116 valence electrons. The maximum atomic E-state index is 12.3. The number of hydrogen-bond donors (Lipinski definition) is 2. The number of nitrogens with zero attached hydrogens (tertiary/aromatic N) is 2. The lowest BCUT2D eigenvalue weighted by atomic mass is 9.96. The maximum absolute atomic E-state index is 12.3. The molecule has 1 aromatic rings. The van der Waals surface area contributed by atoms with Crippen molar-refractivity contribution < 1.29 is 14.6 Å². The summed E-state index contributed by atoms with van der Waals surface area (Å²) in [7, 11) is 1.51. The van der Waals surface area contributed by atoms with Gasteiger partial charge < -0.3 is 15.2 Å². The van der Waals surface area contributed by atoms with E-state index in [1.165, 1.54) is 7.05 Å². The zero-order chi connectivity index (χ0) is 15.8. The van der Waals surface area contributed by atoms with E-state index in [9.17, 15) is 14.7 Å². The molecule has 0 spiro atoms. The van der Waals surface area contributed by atoms with Gasteiger partial charge in [0.25, 0.3) is 11.5 Å². The Morgan fingerprint density at radius 1 is 1.57 bits per heavy atom. The van der Waals surface area contributed by atoms with Gasteiger partial charge in [0.2, 0.25) is 0 Å². The van der Waals surface area contributed by atoms with Crippen LogP contribution in [0.1, 0.15) is 35.0 Å². The third-order valence-electron chi connectivity index (χ3n) is 4.17. The van der Waals surface area contributed by atoms with Gasteiger partial charge in [-0.15, -0.1) is 0 Å². The third-order valence-corrected chi connectivity index (χ3v) is 4.17. The molecule has 0 aromatic carbocycles. The monoisotopic (exact) mass is 295 g/mol. The first-order chi connectivity index (χ1) is 9.76. The largest absolute Gasteiger partial charge is 0.385 e. The van der Waals surface area contributed by atoms with Crippen molar-refractivity contribution >= 4 is 5.91 Å². The number of carbonyl (C=O) groups is 1. The zero-order valence-corrected chi connectivity index (χ0v) is 12.8. The molecule has 1 amide bonds. The molecule has 7 nitrogen and oxygen atoms in total. The van der Waals surface area contributed by atoms with Crippen molar-refractivity contribution in [2.75, 3.05) is 13.2 Å². The van der Waals surface area contributed by atoms with Crippen LogP contribution in [0.2, 0.25) is 0 Å². The molecule has 0 bridgehead atoms. The second kappa shape index (κ2) is 5.57. The number of carbonyl (C=O) groups excluding carboxylic acids is 1. The number of nitrogens with one attached hydrogen (secondary N) is 1. The summed E-state index contributed by atoms with van der Waals surface area (Å²) in [4.78, 5) is 24.4. The number of hydrogen-bond acceptors (Lipinski definition) is 5. The summed E-state index contributed by atoms with van der Waals surface area (Å²) in [6.45, 7) is 5.71. The number of aliphatic hydroxyl groups is 1. The van der Waals surface area contributed by atoms with Gasteiger partial charge >= 0.3 is 0 Å². The Morgan fingerprint density at radius 3 is 2.81 bits per heavy atom. The lowest BCUT2D eigenvalue weighted by Crippen LogP contribution is -2.48. The standard InChI is InChI=1S/C14H21N3O4/c1-8-9(2)16-17(4)13(19)11(8)12(18)15-7-14(20)5-6-21-10(14)3/h10,20H,5-7H2,1-4H3,(H,15,18). The SMILES string of the molecule is Cc1nn(C)c(=O)c(C(=O)NCC2(O)CCOC2C)c1C. The molecular formula is C14H21N3O4. The summed E-state index contributed by atoms with van der Waals surface area (Å²) in [6.07, 6.45) is 0.113. The summed E-state index contributed by atoms with van der Waals surface area (Å²) in [5.74, 6) is -0.494. The Labute approximate surface area is 122 Å². The first-order valence-corrected chi connectivity index (χ1v) is 6.93. The molecule has 2 unspecified atom stereocenters. The van der Waals surface area contributed by atoms with E-state index in [0.717, 1.165) is 4.68 Å². The van der Waals surface area contributed by atoms with Gasteiger partial charge in [0.1, 0.15) is 11.2 Å². The molecule has 0 saturated carbocycles. The lowest BCUT2D eigenvalue weighted by Gasteiger charge is -2.26. The quantitative estimate of drug-likeness (QED) is 0.796. The molecule has 1 aromatic heterocycles. The molecule has 1 aliphatic heterocycles. The maximum Gasteiger partial charge on any atom is 0.279 e. The van der Waals surface area contributed by atoms with Crippen LogP contribution in [0.4, 0.5) is 0 Å². The molecule has 7 heteroatoms. The summed E-state index contributed by atoms with van der Waals surface area (Å²) in [5, 5.41) is 17.0. The van der Waals surface area contributed by atoms with Gasteiger partial charge in [0.15, 0.2) is 0 Å². The highest BCUT2D eigenvalue weighted by molar-refractivity contribution is 5.95. The van der Waals surface area contributed by atoms with E-state index in [0.29, 0.717) is 24.3 Å². The van der Waals surface area contributed by atoms with Crippen LogP contribution in [0.25, 0.3) is 0 Å². The van der Waals surface area contributed by atoms with Gasteiger partial charge in [0.05, 0.1) is 11.8 Å². The molecular weight excluding hydrogens is 274 g/mol. The Bertz CT molecular complexity index is 625. The summed E-state index contributed by atoms with van der Waals surface area (Å²) in [5.41, 5.74) is -0.285. The topological polar surface area (TPSA) is 93.5 Å². The highest BCUT2D eigenvalue weighted by atomic mass is 16.5. The van der Waals surface area contributed by atoms with Crippen LogP contribution < -0.4 is 10.9 Å². The Balaban J connectivity index is 2.20. The molecule has 0 aliphatic carbocycles. The van der Waals surface area contributed by atoms with Crippen LogP contribution in [0.15, 0.2) is 4.79 Å². The molecule has 2 N–H and O–H groups in total. The highest BCUT2D eigenvalue weighted by Gasteiger charge is 2.39. The fourth-order valence-corrected chi connectivity index (χ4v) is 2.44. The zero-order valence-electron chi connectivity index (χ0n) is 12.8. The summed E-state index contributed by atoms with van der Waals surface area (Å²) >= 11 is 0. The Hall–Kier alpha value is -1.73. The van der Waals surface area contributed by atoms with Crippen molar-refractivity contribution in [3.05, 3.63) is 27.2 Å². The van der Waals surface area contributed by atoms with E-state index in [2.05, 4.69) is 10.4 Å². The summed E-state index contributed by atoms with van der Waals surface area (Å²) < 4.78 is 6.46. The summed E-state index contributed by atoms with van der Waals surface area (Å²) in [6, 6.07) is 0. The first kappa shape index (κ1) is 15.7. The minimum atomic E-state index is -1.09. The predicted octanol–water partition coefficient (Wildman–Crippen LogP) is -0.333. The average molecular weight is 295 g/mol. The third kappa shape index (κ3) is 2.84. The van der Waals surface area contributed by atoms with E-state index in [-0.39, 0.29) is 18.2 Å². The van der Waals surface area contributed by atoms with Crippen LogP contribution in [0.5, 0.6) is 0 Å². The molecule has 2 heterocycles. The molecule has 2 rings (SSSR count). The minimum Gasteiger partial charge on any atom is -0.385 e. The van der Waals surface area contributed by atoms with Crippen LogP contribution in [-0.2, 0) is 11.8 Å². The van der Waals surface area contributed by atoms with Gasteiger partial charge in [-0.05, 0) is 26.3 Å². The number of ether oxygens (including phenoxy) is 1. The van der Waals surface area contributed by atoms with Crippen LogP contribution in [0, 0.1) is 13.8 Å². The molecule has 1 fully saturated rings. The number of rotatable bonds is 3. The fraction of sp³-hybridized carbons (Fsp3) is 0.643. The van der Waals surface area contributed by atoms with E-state index in [1.807, 2.05) is 0 Å². The van der Waals surface area contributed by atoms with E-state index < -0.39 is 17.1 Å². The van der Waals surface area contributed by atoms with Gasteiger partial charge in [-0.2, -0.15) is 5.10 Å². The fourth-order valence-electron chi connectivity index (χ4n) is 2.44. The van der Waals surface area contributed by atoms with E-state index in [4.69, 9.17) is 4.74 Å². The normalized spacial score (nSPS) is 25.1. The second-order valence-electron chi connectivity index (χ2n) is 5.56. The number of aromatic nitrogens is 2. The predicted molar refractivity (Wildman–Crippen MR) is 76.3 cm³/mol. The van der Waals surface area contributed by atoms with Crippen LogP contribution in [-0.4, -0.2) is 45.7 Å². The Morgan fingerprint density at radius 2 is 2.24 bits per heavy atom. The molecule has 0 radical (unpaired) electrons. The van der Waals surface area contributed by atoms with Crippen molar-refractivity contribution in [3.63, 3.8) is 0 Å². The van der Waals surface area contributed by atoms with Crippen molar-refractivity contribution in [3.8, 4) is 0 Å². The van der Waals surface area contributed by atoms with Crippen molar-refractivity contribution in [2.24, 2.45) is 7.05 Å². The number of aryl methyl sites for hydroxylation is 2. The van der Waals surface area contributed by atoms with Crippen LogP contribution >= 0.6 is 0 Å². The minimum absolute atomic E-state index is 0.0525. The molecule has 1 aliphatic rings. The molecule has 2 atom stereocenters. The molecule has 21 heavy (non-hydrogen) atoms. The van der Waals surface area contributed by atoms with Gasteiger partial charge in [-0.3, -0.25) is 9.59 Å². The smallest absolute Gasteiger partial charge is 0.279 e. The molecule has 1 saturated heterocycles. The average Bonchev–Trinajstić information content (AvgIpc) is 2.75. The van der Waals surface area contributed by atoms with E-state index >= 15 is 0 Å². The van der Waals surface area contributed by atoms with Crippen LogP contribution in [0.3, 0.4) is 0 Å². The van der Waals surface area contributed by atoms with Crippen molar-refractivity contribution in [1.29, 1.82) is 0 Å².